The van der Waals surface area contributed by atoms with Gasteiger partial charge in [0, 0.05) is 48.2 Å². The first-order valence-electron chi connectivity index (χ1n) is 10.1. The van der Waals surface area contributed by atoms with Crippen molar-refractivity contribution in [2.75, 3.05) is 0 Å². The van der Waals surface area contributed by atoms with Crippen LogP contribution in [0.5, 0.6) is 0 Å². The van der Waals surface area contributed by atoms with E-state index in [1.807, 2.05) is 28.8 Å². The highest BCUT2D eigenvalue weighted by Gasteiger charge is 2.16. The molecule has 0 saturated carbocycles. The lowest BCUT2D eigenvalue weighted by Crippen LogP contribution is -2.18. The van der Waals surface area contributed by atoms with Gasteiger partial charge in [-0.1, -0.05) is 17.7 Å². The minimum Gasteiger partial charge on any atom is -0.306 e. The first-order chi connectivity index (χ1) is 14.4. The van der Waals surface area contributed by atoms with Gasteiger partial charge in [-0.15, -0.1) is 0 Å². The standard InChI is InChI=1S/C24H26FN5/c1-16-5-11-22(12-6-16)30-15-20(24(28-30)19-7-9-21(25)10-8-19)13-26-17(2)23-14-27-29(4)18(23)3/h5-12,14-15,17,26H,13H2,1-4H3/t17-/m1/s1. The van der Waals surface area contributed by atoms with Crippen molar-refractivity contribution in [2.24, 2.45) is 7.05 Å². The van der Waals surface area contributed by atoms with Crippen molar-refractivity contribution in [3.05, 3.63) is 89.1 Å². The summed E-state index contributed by atoms with van der Waals surface area (Å²) in [7, 11) is 1.95. The highest BCUT2D eigenvalue weighted by molar-refractivity contribution is 5.63. The van der Waals surface area contributed by atoms with Crippen molar-refractivity contribution >= 4 is 0 Å². The predicted octanol–water partition coefficient (Wildman–Crippen LogP) is 4.88. The zero-order chi connectivity index (χ0) is 21.3. The van der Waals surface area contributed by atoms with E-state index in [-0.39, 0.29) is 11.9 Å². The van der Waals surface area contributed by atoms with Crippen LogP contribution in [0, 0.1) is 19.7 Å². The molecular formula is C24H26FN5. The molecule has 4 rings (SSSR count). The molecule has 2 heterocycles. The van der Waals surface area contributed by atoms with Crippen LogP contribution in [0.1, 0.15) is 35.3 Å². The number of nitrogens with one attached hydrogen (secondary N) is 1. The van der Waals surface area contributed by atoms with Crippen molar-refractivity contribution in [2.45, 2.75) is 33.4 Å². The summed E-state index contributed by atoms with van der Waals surface area (Å²) in [5.41, 5.74) is 7.30. The molecule has 2 aromatic carbocycles. The number of aryl methyl sites for hydroxylation is 2. The second-order valence-electron chi connectivity index (χ2n) is 7.70. The van der Waals surface area contributed by atoms with Crippen LogP contribution in [0.15, 0.2) is 60.9 Å². The number of nitrogens with zero attached hydrogens (tertiary/aromatic N) is 4. The topological polar surface area (TPSA) is 47.7 Å². The SMILES string of the molecule is Cc1ccc(-n2cc(CN[C@H](C)c3cnn(C)c3C)c(-c3ccc(F)cc3)n2)cc1. The van der Waals surface area contributed by atoms with E-state index < -0.39 is 0 Å². The number of hydrogen-bond donors (Lipinski definition) is 1. The van der Waals surface area contributed by atoms with E-state index in [4.69, 9.17) is 5.10 Å². The molecule has 5 nitrogen and oxygen atoms in total. The van der Waals surface area contributed by atoms with Gasteiger partial charge in [0.1, 0.15) is 5.82 Å². The highest BCUT2D eigenvalue weighted by atomic mass is 19.1. The van der Waals surface area contributed by atoms with Gasteiger partial charge in [0.05, 0.1) is 17.6 Å². The number of aromatic nitrogens is 4. The fourth-order valence-corrected chi connectivity index (χ4v) is 3.53. The molecule has 0 aliphatic heterocycles. The van der Waals surface area contributed by atoms with Crippen molar-refractivity contribution in [3.8, 4) is 16.9 Å². The summed E-state index contributed by atoms with van der Waals surface area (Å²) in [6.07, 6.45) is 3.95. The normalized spacial score (nSPS) is 12.3. The molecule has 0 saturated heterocycles. The summed E-state index contributed by atoms with van der Waals surface area (Å²) in [5, 5.41) is 12.7. The highest BCUT2D eigenvalue weighted by Crippen LogP contribution is 2.25. The molecule has 2 aromatic heterocycles. The van der Waals surface area contributed by atoms with Crippen LogP contribution in [0.3, 0.4) is 0 Å². The maximum Gasteiger partial charge on any atom is 0.123 e. The van der Waals surface area contributed by atoms with Crippen LogP contribution in [-0.4, -0.2) is 19.6 Å². The molecule has 154 valence electrons. The van der Waals surface area contributed by atoms with E-state index in [1.54, 1.807) is 12.1 Å². The molecule has 30 heavy (non-hydrogen) atoms. The van der Waals surface area contributed by atoms with Crippen LogP contribution in [0.2, 0.25) is 0 Å². The fraction of sp³-hybridized carbons (Fsp3) is 0.250. The van der Waals surface area contributed by atoms with E-state index in [0.717, 1.165) is 28.2 Å². The van der Waals surface area contributed by atoms with E-state index in [2.05, 4.69) is 55.5 Å². The molecule has 0 aliphatic carbocycles. The Morgan fingerprint density at radius 2 is 1.73 bits per heavy atom. The summed E-state index contributed by atoms with van der Waals surface area (Å²) >= 11 is 0. The van der Waals surface area contributed by atoms with Gasteiger partial charge in [0.15, 0.2) is 0 Å². The molecule has 0 fully saturated rings. The third kappa shape index (κ3) is 4.04. The number of rotatable bonds is 6. The Kier molecular flexibility index (Phi) is 5.50. The quantitative estimate of drug-likeness (QED) is 0.499. The monoisotopic (exact) mass is 403 g/mol. The zero-order valence-electron chi connectivity index (χ0n) is 17.7. The van der Waals surface area contributed by atoms with Crippen LogP contribution >= 0.6 is 0 Å². The van der Waals surface area contributed by atoms with Crippen molar-refractivity contribution < 1.29 is 4.39 Å². The summed E-state index contributed by atoms with van der Waals surface area (Å²) in [6.45, 7) is 6.90. The van der Waals surface area contributed by atoms with E-state index in [9.17, 15) is 4.39 Å². The molecular weight excluding hydrogens is 377 g/mol. The van der Waals surface area contributed by atoms with Crippen LogP contribution in [0.4, 0.5) is 4.39 Å². The fourth-order valence-electron chi connectivity index (χ4n) is 3.53. The third-order valence-electron chi connectivity index (χ3n) is 5.54. The van der Waals surface area contributed by atoms with Crippen LogP contribution < -0.4 is 5.32 Å². The largest absolute Gasteiger partial charge is 0.306 e. The van der Waals surface area contributed by atoms with E-state index >= 15 is 0 Å². The molecule has 4 aromatic rings. The Bertz CT molecular complexity index is 1140. The van der Waals surface area contributed by atoms with Crippen LogP contribution in [0.25, 0.3) is 16.9 Å². The summed E-state index contributed by atoms with van der Waals surface area (Å²) < 4.78 is 17.2. The lowest BCUT2D eigenvalue weighted by molar-refractivity contribution is 0.571. The lowest BCUT2D eigenvalue weighted by Gasteiger charge is -2.13. The van der Waals surface area contributed by atoms with Gasteiger partial charge in [-0.3, -0.25) is 4.68 Å². The van der Waals surface area contributed by atoms with Gasteiger partial charge in [0.25, 0.3) is 0 Å². The first kappa shape index (κ1) is 20.0. The second-order valence-corrected chi connectivity index (χ2v) is 7.70. The Morgan fingerprint density at radius 1 is 1.03 bits per heavy atom. The second kappa shape index (κ2) is 8.24. The molecule has 0 amide bonds. The number of hydrogen-bond acceptors (Lipinski definition) is 3. The van der Waals surface area contributed by atoms with Gasteiger partial charge in [-0.2, -0.15) is 10.2 Å². The minimum absolute atomic E-state index is 0.141. The zero-order valence-corrected chi connectivity index (χ0v) is 17.7. The van der Waals surface area contributed by atoms with Gasteiger partial charge >= 0.3 is 0 Å². The van der Waals surface area contributed by atoms with Crippen molar-refractivity contribution in [1.82, 2.24) is 24.9 Å². The maximum absolute atomic E-state index is 13.4. The summed E-state index contributed by atoms with van der Waals surface area (Å²) in [4.78, 5) is 0. The summed E-state index contributed by atoms with van der Waals surface area (Å²) in [5.74, 6) is -0.253. The average molecular weight is 404 g/mol. The molecule has 0 spiro atoms. The summed E-state index contributed by atoms with van der Waals surface area (Å²) in [6, 6.07) is 14.9. The van der Waals surface area contributed by atoms with E-state index in [1.165, 1.54) is 23.3 Å². The Balaban J connectivity index is 1.65. The molecule has 0 aliphatic rings. The number of benzene rings is 2. The molecule has 6 heteroatoms. The van der Waals surface area contributed by atoms with E-state index in [0.29, 0.717) is 6.54 Å². The predicted molar refractivity (Wildman–Crippen MR) is 117 cm³/mol. The van der Waals surface area contributed by atoms with Crippen molar-refractivity contribution in [1.29, 1.82) is 0 Å². The van der Waals surface area contributed by atoms with Crippen molar-refractivity contribution in [3.63, 3.8) is 0 Å². The minimum atomic E-state index is -0.253. The molecule has 0 radical (unpaired) electrons. The Morgan fingerprint density at radius 3 is 2.37 bits per heavy atom. The average Bonchev–Trinajstić information content (AvgIpc) is 3.31. The van der Waals surface area contributed by atoms with Crippen LogP contribution in [-0.2, 0) is 13.6 Å². The molecule has 1 N–H and O–H groups in total. The van der Waals surface area contributed by atoms with Gasteiger partial charge in [0.2, 0.25) is 0 Å². The smallest absolute Gasteiger partial charge is 0.123 e. The first-order valence-corrected chi connectivity index (χ1v) is 10.1. The maximum atomic E-state index is 13.4. The van der Waals surface area contributed by atoms with Gasteiger partial charge in [-0.05, 0) is 57.2 Å². The lowest BCUT2D eigenvalue weighted by atomic mass is 10.1. The molecule has 0 bridgehead atoms. The third-order valence-corrected chi connectivity index (χ3v) is 5.54. The van der Waals surface area contributed by atoms with Gasteiger partial charge in [-0.25, -0.2) is 9.07 Å². The Hall–Kier alpha value is -3.25. The number of halogens is 1. The Labute approximate surface area is 176 Å². The molecule has 0 unspecified atom stereocenters. The van der Waals surface area contributed by atoms with Gasteiger partial charge < -0.3 is 5.32 Å². The molecule has 1 atom stereocenters.